The molecule has 7 heteroatoms. The molecule has 0 aliphatic carbocycles. The lowest BCUT2D eigenvalue weighted by atomic mass is 9.95. The lowest BCUT2D eigenvalue weighted by Crippen LogP contribution is -2.00. The first-order chi connectivity index (χ1) is 17.2. The number of aromatic nitrogens is 5. The molecule has 2 heterocycles. The van der Waals surface area contributed by atoms with E-state index in [9.17, 15) is 0 Å². The van der Waals surface area contributed by atoms with Gasteiger partial charge >= 0.3 is 0 Å². The van der Waals surface area contributed by atoms with Gasteiger partial charge in [0.25, 0.3) is 0 Å². The second kappa shape index (κ2) is 10.8. The molecular weight excluding hydrogens is 438 g/mol. The Morgan fingerprint density at radius 1 is 0.829 bits per heavy atom. The van der Waals surface area contributed by atoms with E-state index in [0.717, 1.165) is 52.3 Å². The second-order valence-corrected chi connectivity index (χ2v) is 8.56. The number of nitrogens with one attached hydrogen (secondary N) is 1. The number of pyridine rings is 1. The molecule has 0 saturated heterocycles. The van der Waals surface area contributed by atoms with E-state index in [0.29, 0.717) is 19.1 Å². The van der Waals surface area contributed by atoms with Crippen molar-refractivity contribution in [3.63, 3.8) is 0 Å². The highest BCUT2D eigenvalue weighted by molar-refractivity contribution is 5.78. The number of benzene rings is 3. The van der Waals surface area contributed by atoms with Crippen LogP contribution in [0.5, 0.6) is 11.5 Å². The molecule has 5 rings (SSSR count). The Morgan fingerprint density at radius 2 is 1.63 bits per heavy atom. The zero-order chi connectivity index (χ0) is 23.9. The molecule has 0 fully saturated rings. The molecule has 0 spiro atoms. The maximum absolute atomic E-state index is 6.02. The smallest absolute Gasteiger partial charge is 0.174 e. The molecule has 0 aliphatic heterocycles. The number of hydrogen-bond acceptors (Lipinski definition) is 6. The number of tetrazole rings is 1. The van der Waals surface area contributed by atoms with E-state index in [2.05, 4.69) is 68.9 Å². The largest absolute Gasteiger partial charge is 0.489 e. The summed E-state index contributed by atoms with van der Waals surface area (Å²) in [6.07, 6.45) is 1.77. The third-order valence-electron chi connectivity index (χ3n) is 5.99. The topological polar surface area (TPSA) is 85.8 Å². The summed E-state index contributed by atoms with van der Waals surface area (Å²) >= 11 is 0. The second-order valence-electron chi connectivity index (χ2n) is 8.56. The monoisotopic (exact) mass is 465 g/mol. The number of aryl methyl sites for hydroxylation is 1. The van der Waals surface area contributed by atoms with Crippen LogP contribution >= 0.6 is 0 Å². The zero-order valence-electron chi connectivity index (χ0n) is 19.6. The van der Waals surface area contributed by atoms with E-state index >= 15 is 0 Å². The van der Waals surface area contributed by atoms with E-state index in [1.54, 1.807) is 0 Å². The van der Waals surface area contributed by atoms with Crippen molar-refractivity contribution in [1.29, 1.82) is 0 Å². The van der Waals surface area contributed by atoms with Crippen molar-refractivity contribution in [3.8, 4) is 11.5 Å². The van der Waals surface area contributed by atoms with Gasteiger partial charge in [-0.25, -0.2) is 4.98 Å². The fourth-order valence-electron chi connectivity index (χ4n) is 3.91. The Labute approximate surface area is 204 Å². The molecule has 3 aromatic carbocycles. The summed E-state index contributed by atoms with van der Waals surface area (Å²) in [6, 6.07) is 28.4. The van der Waals surface area contributed by atoms with Crippen LogP contribution in [0, 0.1) is 0 Å². The number of H-pyrrole nitrogens is 1. The summed E-state index contributed by atoms with van der Waals surface area (Å²) in [5.41, 5.74) is 4.26. The molecular formula is C28H27N5O2. The van der Waals surface area contributed by atoms with Crippen molar-refractivity contribution < 1.29 is 9.47 Å². The molecule has 7 nitrogen and oxygen atoms in total. The molecule has 5 aromatic rings. The number of nitrogens with zero attached hydrogens (tertiary/aromatic N) is 4. The maximum atomic E-state index is 6.02. The number of para-hydroxylation sites is 1. The summed E-state index contributed by atoms with van der Waals surface area (Å²) in [6.45, 7) is 3.11. The van der Waals surface area contributed by atoms with Gasteiger partial charge in [0, 0.05) is 17.9 Å². The average Bonchev–Trinajstić information content (AvgIpc) is 3.44. The van der Waals surface area contributed by atoms with Gasteiger partial charge in [0.15, 0.2) is 5.82 Å². The van der Waals surface area contributed by atoms with Crippen LogP contribution in [0.15, 0.2) is 84.9 Å². The molecule has 0 saturated carbocycles. The van der Waals surface area contributed by atoms with Gasteiger partial charge in [-0.2, -0.15) is 5.21 Å². The van der Waals surface area contributed by atoms with E-state index in [4.69, 9.17) is 9.47 Å². The van der Waals surface area contributed by atoms with Crippen LogP contribution in [0.1, 0.15) is 41.9 Å². The van der Waals surface area contributed by atoms with Gasteiger partial charge in [-0.1, -0.05) is 66.7 Å². The maximum Gasteiger partial charge on any atom is 0.174 e. The van der Waals surface area contributed by atoms with Crippen molar-refractivity contribution in [3.05, 3.63) is 108 Å². The Hall–Kier alpha value is -4.26. The first-order valence-electron chi connectivity index (χ1n) is 11.7. The fraction of sp³-hybridized carbons (Fsp3) is 0.214. The van der Waals surface area contributed by atoms with Crippen LogP contribution in [-0.4, -0.2) is 25.6 Å². The zero-order valence-corrected chi connectivity index (χ0v) is 19.6. The van der Waals surface area contributed by atoms with Crippen LogP contribution in [-0.2, 0) is 19.6 Å². The molecule has 1 unspecified atom stereocenters. The Kier molecular flexibility index (Phi) is 6.94. The number of hydrogen-bond donors (Lipinski definition) is 1. The van der Waals surface area contributed by atoms with Gasteiger partial charge in [0.2, 0.25) is 0 Å². The molecule has 0 bridgehead atoms. The number of rotatable bonds is 10. The molecule has 0 aliphatic rings. The summed E-state index contributed by atoms with van der Waals surface area (Å²) in [4.78, 5) is 4.67. The number of aromatic amines is 1. The van der Waals surface area contributed by atoms with Crippen LogP contribution in [0.25, 0.3) is 10.9 Å². The fourth-order valence-corrected chi connectivity index (χ4v) is 3.91. The van der Waals surface area contributed by atoms with Crippen LogP contribution < -0.4 is 9.47 Å². The van der Waals surface area contributed by atoms with Crippen molar-refractivity contribution >= 4 is 10.9 Å². The van der Waals surface area contributed by atoms with Crippen molar-refractivity contribution in [1.82, 2.24) is 25.6 Å². The Balaban J connectivity index is 1.13. The molecule has 0 radical (unpaired) electrons. The van der Waals surface area contributed by atoms with Gasteiger partial charge in [-0.05, 0) is 47.7 Å². The number of fused-ring (bicyclic) bond motifs is 1. The quantitative estimate of drug-likeness (QED) is 0.287. The Bertz CT molecular complexity index is 1370. The van der Waals surface area contributed by atoms with E-state index in [1.807, 2.05) is 48.5 Å². The molecule has 1 N–H and O–H groups in total. The van der Waals surface area contributed by atoms with Gasteiger partial charge in [0.05, 0.1) is 11.2 Å². The molecule has 0 amide bonds. The molecule has 1 atom stereocenters. The first-order valence-corrected chi connectivity index (χ1v) is 11.7. The van der Waals surface area contributed by atoms with Crippen LogP contribution in [0.3, 0.4) is 0 Å². The van der Waals surface area contributed by atoms with E-state index in [-0.39, 0.29) is 0 Å². The third-order valence-corrected chi connectivity index (χ3v) is 5.99. The van der Waals surface area contributed by atoms with E-state index < -0.39 is 0 Å². The van der Waals surface area contributed by atoms with E-state index in [1.165, 1.54) is 5.56 Å². The SMILES string of the molecule is CC(CCc1nn[nH]n1)c1ccc(COc2cccc(OCc3ccc4ccccc4n3)c2)cc1. The van der Waals surface area contributed by atoms with Crippen LogP contribution in [0.2, 0.25) is 0 Å². The van der Waals surface area contributed by atoms with Crippen molar-refractivity contribution in [2.24, 2.45) is 0 Å². The third kappa shape index (κ3) is 6.00. The summed E-state index contributed by atoms with van der Waals surface area (Å²) in [5.74, 6) is 2.69. The van der Waals surface area contributed by atoms with Gasteiger partial charge in [0.1, 0.15) is 24.7 Å². The predicted octanol–water partition coefficient (Wildman–Crippen LogP) is 5.64. The highest BCUT2D eigenvalue weighted by atomic mass is 16.5. The molecule has 2 aromatic heterocycles. The van der Waals surface area contributed by atoms with Crippen molar-refractivity contribution in [2.45, 2.75) is 38.9 Å². The average molecular weight is 466 g/mol. The highest BCUT2D eigenvalue weighted by Crippen LogP contribution is 2.24. The summed E-state index contributed by atoms with van der Waals surface area (Å²) in [5, 5.41) is 15.3. The van der Waals surface area contributed by atoms with Crippen LogP contribution in [0.4, 0.5) is 0 Å². The summed E-state index contributed by atoms with van der Waals surface area (Å²) < 4.78 is 12.0. The minimum absolute atomic E-state index is 0.403. The lowest BCUT2D eigenvalue weighted by molar-refractivity contribution is 0.288. The normalized spacial score (nSPS) is 11.9. The molecule has 35 heavy (non-hydrogen) atoms. The Morgan fingerprint density at radius 3 is 2.43 bits per heavy atom. The number of ether oxygens (including phenoxy) is 2. The predicted molar refractivity (Wildman–Crippen MR) is 134 cm³/mol. The lowest BCUT2D eigenvalue weighted by Gasteiger charge is -2.12. The van der Waals surface area contributed by atoms with Gasteiger partial charge < -0.3 is 9.47 Å². The summed E-state index contributed by atoms with van der Waals surface area (Å²) in [7, 11) is 0. The highest BCUT2D eigenvalue weighted by Gasteiger charge is 2.08. The minimum atomic E-state index is 0.403. The van der Waals surface area contributed by atoms with Gasteiger partial charge in [-0.3, -0.25) is 0 Å². The molecule has 176 valence electrons. The minimum Gasteiger partial charge on any atom is -0.489 e. The standard InChI is InChI=1S/C28H27N5O2/c1-20(9-16-28-30-32-33-31-28)22-12-10-21(11-13-22)18-34-25-6-4-7-26(17-25)35-19-24-15-14-23-5-2-3-8-27(23)29-24/h2-8,10-15,17,20H,9,16,18-19H2,1H3,(H,30,31,32,33). The first kappa shape index (κ1) is 22.5. The van der Waals surface area contributed by atoms with Crippen molar-refractivity contribution in [2.75, 3.05) is 0 Å². The van der Waals surface area contributed by atoms with Gasteiger partial charge in [-0.15, -0.1) is 10.2 Å².